The van der Waals surface area contributed by atoms with Crippen molar-refractivity contribution < 1.29 is 4.74 Å². The van der Waals surface area contributed by atoms with E-state index in [9.17, 15) is 0 Å². The summed E-state index contributed by atoms with van der Waals surface area (Å²) in [5.41, 5.74) is 2.35. The molecule has 1 aromatic rings. The Morgan fingerprint density at radius 3 is 2.53 bits per heavy atom. The Balaban J connectivity index is 2.05. The quantitative estimate of drug-likeness (QED) is 0.769. The summed E-state index contributed by atoms with van der Waals surface area (Å²) in [5, 5.41) is 0.00736. The maximum atomic E-state index is 6.63. The van der Waals surface area contributed by atoms with Gasteiger partial charge in [0.25, 0.3) is 0 Å². The van der Waals surface area contributed by atoms with Gasteiger partial charge in [0.05, 0.1) is 12.5 Å². The van der Waals surface area contributed by atoms with E-state index in [1.54, 1.807) is 7.11 Å². The molecule has 0 aliphatic carbocycles. The molecule has 1 saturated heterocycles. The Bertz CT molecular complexity index is 400. The number of rotatable bonds is 4. The van der Waals surface area contributed by atoms with Crippen molar-refractivity contribution in [3.05, 3.63) is 29.3 Å². The van der Waals surface area contributed by atoms with Crippen molar-refractivity contribution in [2.75, 3.05) is 26.7 Å². The number of nitrogens with zero attached hydrogens (tertiary/aromatic N) is 1. The van der Waals surface area contributed by atoms with E-state index in [-0.39, 0.29) is 5.38 Å². The van der Waals surface area contributed by atoms with Gasteiger partial charge < -0.3 is 9.64 Å². The minimum Gasteiger partial charge on any atom is -0.496 e. The Morgan fingerprint density at radius 2 is 1.89 bits per heavy atom. The molecule has 0 radical (unpaired) electrons. The van der Waals surface area contributed by atoms with Gasteiger partial charge in [0.2, 0.25) is 0 Å². The smallest absolute Gasteiger partial charge is 0.123 e. The second kappa shape index (κ2) is 7.16. The first-order valence-corrected chi connectivity index (χ1v) is 7.65. The molecule has 2 nitrogen and oxygen atoms in total. The van der Waals surface area contributed by atoms with Crippen molar-refractivity contribution in [2.24, 2.45) is 0 Å². The van der Waals surface area contributed by atoms with E-state index in [2.05, 4.69) is 24.0 Å². The fourth-order valence-electron chi connectivity index (χ4n) is 2.74. The van der Waals surface area contributed by atoms with Crippen LogP contribution in [0.4, 0.5) is 0 Å². The number of hydrogen-bond acceptors (Lipinski definition) is 2. The van der Waals surface area contributed by atoms with E-state index < -0.39 is 0 Å². The first kappa shape index (κ1) is 14.7. The van der Waals surface area contributed by atoms with Gasteiger partial charge >= 0.3 is 0 Å². The number of halogens is 1. The van der Waals surface area contributed by atoms with Gasteiger partial charge in [-0.25, -0.2) is 0 Å². The third-order valence-corrected chi connectivity index (χ3v) is 4.21. The average molecular weight is 282 g/mol. The lowest BCUT2D eigenvalue weighted by atomic mass is 10.1. The number of methoxy groups -OCH3 is 1. The summed E-state index contributed by atoms with van der Waals surface area (Å²) < 4.78 is 5.43. The molecule has 1 atom stereocenters. The number of alkyl halides is 1. The molecule has 106 valence electrons. The largest absolute Gasteiger partial charge is 0.496 e. The van der Waals surface area contributed by atoms with Gasteiger partial charge in [-0.15, -0.1) is 11.6 Å². The van der Waals surface area contributed by atoms with E-state index in [0.29, 0.717) is 0 Å². The molecule has 1 aromatic carbocycles. The Hall–Kier alpha value is -0.730. The Morgan fingerprint density at radius 1 is 1.21 bits per heavy atom. The highest BCUT2D eigenvalue weighted by Crippen LogP contribution is 2.31. The standard InChI is InChI=1S/C16H24ClNO/c1-13-7-8-16(19-2)14(11-13)15(17)12-18-9-5-3-4-6-10-18/h7-8,11,15H,3-6,9-10,12H2,1-2H3. The normalized spacial score (nSPS) is 18.9. The predicted molar refractivity (Wildman–Crippen MR) is 81.2 cm³/mol. The summed E-state index contributed by atoms with van der Waals surface area (Å²) in [7, 11) is 1.71. The van der Waals surface area contributed by atoms with E-state index >= 15 is 0 Å². The SMILES string of the molecule is COc1ccc(C)cc1C(Cl)CN1CCCCCC1. The van der Waals surface area contributed by atoms with Gasteiger partial charge in [-0.3, -0.25) is 0 Å². The van der Waals surface area contributed by atoms with E-state index in [1.807, 2.05) is 6.07 Å². The molecule has 0 N–H and O–H groups in total. The molecule has 1 unspecified atom stereocenters. The van der Waals surface area contributed by atoms with Gasteiger partial charge in [0, 0.05) is 12.1 Å². The molecule has 0 saturated carbocycles. The van der Waals surface area contributed by atoms with Crippen molar-refractivity contribution in [2.45, 2.75) is 38.0 Å². The van der Waals surface area contributed by atoms with E-state index in [0.717, 1.165) is 17.9 Å². The van der Waals surface area contributed by atoms with Crippen molar-refractivity contribution >= 4 is 11.6 Å². The first-order valence-electron chi connectivity index (χ1n) is 7.21. The summed E-state index contributed by atoms with van der Waals surface area (Å²) in [6.07, 6.45) is 5.32. The number of likely N-dealkylation sites (tertiary alicyclic amines) is 1. The fourth-order valence-corrected chi connectivity index (χ4v) is 3.11. The Labute approximate surface area is 121 Å². The lowest BCUT2D eigenvalue weighted by molar-refractivity contribution is 0.283. The van der Waals surface area contributed by atoms with Crippen LogP contribution in [0.25, 0.3) is 0 Å². The monoisotopic (exact) mass is 281 g/mol. The van der Waals surface area contributed by atoms with Gasteiger partial charge in [0.15, 0.2) is 0 Å². The fraction of sp³-hybridized carbons (Fsp3) is 0.625. The van der Waals surface area contributed by atoms with Crippen LogP contribution < -0.4 is 4.74 Å². The molecule has 1 fully saturated rings. The third kappa shape index (κ3) is 4.12. The number of hydrogen-bond donors (Lipinski definition) is 0. The van der Waals surface area contributed by atoms with Crippen LogP contribution >= 0.6 is 11.6 Å². The second-order valence-electron chi connectivity index (χ2n) is 5.43. The maximum Gasteiger partial charge on any atom is 0.123 e. The minimum atomic E-state index is 0.00736. The molecule has 19 heavy (non-hydrogen) atoms. The van der Waals surface area contributed by atoms with Crippen LogP contribution in [0, 0.1) is 6.92 Å². The molecule has 0 aromatic heterocycles. The molecule has 0 amide bonds. The average Bonchev–Trinajstić information content (AvgIpc) is 2.67. The zero-order valence-corrected chi connectivity index (χ0v) is 12.7. The zero-order valence-electron chi connectivity index (χ0n) is 12.0. The number of benzene rings is 1. The Kier molecular flexibility index (Phi) is 5.53. The van der Waals surface area contributed by atoms with Crippen LogP contribution in [0.5, 0.6) is 5.75 Å². The molecule has 1 heterocycles. The van der Waals surface area contributed by atoms with Crippen molar-refractivity contribution in [1.82, 2.24) is 4.90 Å². The van der Waals surface area contributed by atoms with Gasteiger partial charge in [-0.2, -0.15) is 0 Å². The highest BCUT2D eigenvalue weighted by Gasteiger charge is 2.18. The molecule has 2 rings (SSSR count). The van der Waals surface area contributed by atoms with Crippen LogP contribution in [-0.4, -0.2) is 31.6 Å². The molecule has 1 aliphatic rings. The topological polar surface area (TPSA) is 12.5 Å². The summed E-state index contributed by atoms with van der Waals surface area (Å²) in [4.78, 5) is 2.49. The predicted octanol–water partition coefficient (Wildman–Crippen LogP) is 4.16. The van der Waals surface area contributed by atoms with Crippen LogP contribution in [0.15, 0.2) is 18.2 Å². The molecular formula is C16H24ClNO. The van der Waals surface area contributed by atoms with Crippen molar-refractivity contribution in [3.63, 3.8) is 0 Å². The summed E-state index contributed by atoms with van der Waals surface area (Å²) in [6, 6.07) is 6.23. The maximum absolute atomic E-state index is 6.63. The summed E-state index contributed by atoms with van der Waals surface area (Å²) in [6.45, 7) is 5.37. The third-order valence-electron chi connectivity index (χ3n) is 3.84. The lowest BCUT2D eigenvalue weighted by Crippen LogP contribution is -2.28. The van der Waals surface area contributed by atoms with Crippen molar-refractivity contribution in [1.29, 1.82) is 0 Å². The van der Waals surface area contributed by atoms with E-state index in [4.69, 9.17) is 16.3 Å². The van der Waals surface area contributed by atoms with Crippen LogP contribution in [-0.2, 0) is 0 Å². The van der Waals surface area contributed by atoms with Gasteiger partial charge in [-0.05, 0) is 38.9 Å². The van der Waals surface area contributed by atoms with Crippen LogP contribution in [0.1, 0.15) is 42.2 Å². The van der Waals surface area contributed by atoms with Crippen molar-refractivity contribution in [3.8, 4) is 5.75 Å². The molecule has 1 aliphatic heterocycles. The first-order chi connectivity index (χ1) is 9.20. The molecule has 0 spiro atoms. The second-order valence-corrected chi connectivity index (χ2v) is 5.95. The zero-order chi connectivity index (χ0) is 13.7. The highest BCUT2D eigenvalue weighted by molar-refractivity contribution is 6.21. The minimum absolute atomic E-state index is 0.00736. The molecule has 0 bridgehead atoms. The number of aryl methyl sites for hydroxylation is 1. The lowest BCUT2D eigenvalue weighted by Gasteiger charge is -2.24. The van der Waals surface area contributed by atoms with E-state index in [1.165, 1.54) is 44.3 Å². The highest BCUT2D eigenvalue weighted by atomic mass is 35.5. The van der Waals surface area contributed by atoms with Gasteiger partial charge in [-0.1, -0.05) is 30.5 Å². The van der Waals surface area contributed by atoms with Crippen LogP contribution in [0.3, 0.4) is 0 Å². The summed E-state index contributed by atoms with van der Waals surface area (Å²) in [5.74, 6) is 0.903. The molecular weight excluding hydrogens is 258 g/mol. The number of ether oxygens (including phenoxy) is 1. The van der Waals surface area contributed by atoms with Gasteiger partial charge in [0.1, 0.15) is 5.75 Å². The molecule has 3 heteroatoms. The summed E-state index contributed by atoms with van der Waals surface area (Å²) >= 11 is 6.63. The van der Waals surface area contributed by atoms with Crippen LogP contribution in [0.2, 0.25) is 0 Å².